The highest BCUT2D eigenvalue weighted by molar-refractivity contribution is 7.90. The normalized spacial score (nSPS) is 15.9. The minimum atomic E-state index is -3.48. The molecule has 0 N–H and O–H groups in total. The van der Waals surface area contributed by atoms with Crippen LogP contribution in [0.1, 0.15) is 24.7 Å². The van der Waals surface area contributed by atoms with E-state index in [9.17, 15) is 8.42 Å². The molecule has 0 atom stereocenters. The minimum Gasteiger partial charge on any atom is -0.381 e. The first-order valence-corrected chi connectivity index (χ1v) is 11.9. The van der Waals surface area contributed by atoms with Crippen molar-refractivity contribution in [3.8, 4) is 0 Å². The summed E-state index contributed by atoms with van der Waals surface area (Å²) in [6.07, 6.45) is 6.14. The van der Waals surface area contributed by atoms with Crippen LogP contribution in [0.25, 0.3) is 21.9 Å². The smallest absolute Gasteiger partial charge is 0.195 e. The molecule has 0 amide bonds. The molecule has 5 rings (SSSR count). The van der Waals surface area contributed by atoms with E-state index in [2.05, 4.69) is 14.6 Å². The number of halogens is 1. The fourth-order valence-electron chi connectivity index (χ4n) is 4.10. The second kappa shape index (κ2) is 7.33. The Kier molecular flexibility index (Phi) is 4.76. The Morgan fingerprint density at radius 1 is 1.20 bits per heavy atom. The quantitative estimate of drug-likeness (QED) is 0.479. The van der Waals surface area contributed by atoms with Crippen molar-refractivity contribution < 1.29 is 13.2 Å². The van der Waals surface area contributed by atoms with Crippen molar-refractivity contribution in [2.75, 3.05) is 19.5 Å². The van der Waals surface area contributed by atoms with E-state index in [0.717, 1.165) is 29.7 Å². The van der Waals surface area contributed by atoms with E-state index in [-0.39, 0.29) is 11.1 Å². The molecule has 1 aromatic carbocycles. The van der Waals surface area contributed by atoms with Crippen LogP contribution in [0.15, 0.2) is 41.7 Å². The van der Waals surface area contributed by atoms with Gasteiger partial charge in [-0.1, -0.05) is 11.6 Å². The van der Waals surface area contributed by atoms with E-state index >= 15 is 0 Å². The SMILES string of the molecule is CS(=O)(=O)c1nn(Cc2nc3cc(Cl)ccc3n2C2CCOCC2)c2cnccc12. The molecular weight excluding hydrogens is 426 g/mol. The van der Waals surface area contributed by atoms with Crippen LogP contribution in [0, 0.1) is 0 Å². The molecule has 1 saturated heterocycles. The number of aromatic nitrogens is 5. The van der Waals surface area contributed by atoms with Crippen LogP contribution in [0.2, 0.25) is 5.02 Å². The predicted molar refractivity (Wildman–Crippen MR) is 114 cm³/mol. The van der Waals surface area contributed by atoms with Gasteiger partial charge in [0.2, 0.25) is 0 Å². The van der Waals surface area contributed by atoms with Gasteiger partial charge < -0.3 is 9.30 Å². The van der Waals surface area contributed by atoms with Gasteiger partial charge in [-0.15, -0.1) is 0 Å². The van der Waals surface area contributed by atoms with Crippen LogP contribution < -0.4 is 0 Å². The standard InChI is InChI=1S/C20H20ClN5O3S/c1-30(27,28)20-15-4-7-22-11-18(15)25(24-20)12-19-23-16-10-13(21)2-3-17(16)26(19)14-5-8-29-9-6-14/h2-4,7,10-11,14H,5-6,8-9,12H2,1H3. The van der Waals surface area contributed by atoms with E-state index in [1.165, 1.54) is 6.26 Å². The van der Waals surface area contributed by atoms with Crippen LogP contribution in [-0.2, 0) is 21.1 Å². The van der Waals surface area contributed by atoms with Gasteiger partial charge in [0.15, 0.2) is 14.9 Å². The molecule has 0 aliphatic carbocycles. The number of hydrogen-bond acceptors (Lipinski definition) is 6. The van der Waals surface area contributed by atoms with Gasteiger partial charge in [-0.2, -0.15) is 5.10 Å². The number of hydrogen-bond donors (Lipinski definition) is 0. The second-order valence-electron chi connectivity index (χ2n) is 7.50. The summed E-state index contributed by atoms with van der Waals surface area (Å²) < 4.78 is 33.9. The molecule has 10 heteroatoms. The molecule has 4 aromatic rings. The van der Waals surface area contributed by atoms with Crippen molar-refractivity contribution in [3.05, 3.63) is 47.5 Å². The van der Waals surface area contributed by atoms with Gasteiger partial charge >= 0.3 is 0 Å². The number of fused-ring (bicyclic) bond motifs is 2. The zero-order valence-corrected chi connectivity index (χ0v) is 17.9. The van der Waals surface area contributed by atoms with Crippen molar-refractivity contribution in [2.24, 2.45) is 0 Å². The number of ether oxygens (including phenoxy) is 1. The summed E-state index contributed by atoms with van der Waals surface area (Å²) in [6, 6.07) is 7.61. The average Bonchev–Trinajstić information content (AvgIpc) is 3.27. The first-order chi connectivity index (χ1) is 14.4. The zero-order valence-electron chi connectivity index (χ0n) is 16.3. The summed E-state index contributed by atoms with van der Waals surface area (Å²) in [5, 5.41) is 5.65. The zero-order chi connectivity index (χ0) is 20.9. The molecule has 0 radical (unpaired) electrons. The molecule has 3 aromatic heterocycles. The van der Waals surface area contributed by atoms with Gasteiger partial charge in [0.25, 0.3) is 0 Å². The first-order valence-electron chi connectivity index (χ1n) is 9.66. The summed E-state index contributed by atoms with van der Waals surface area (Å²) in [5.41, 5.74) is 2.46. The maximum Gasteiger partial charge on any atom is 0.195 e. The molecule has 1 fully saturated rings. The number of imidazole rings is 1. The summed E-state index contributed by atoms with van der Waals surface area (Å²) in [6.45, 7) is 1.72. The van der Waals surface area contributed by atoms with Crippen molar-refractivity contribution in [1.29, 1.82) is 0 Å². The molecule has 1 aliphatic heterocycles. The number of pyridine rings is 1. The molecular formula is C20H20ClN5O3S. The summed E-state index contributed by atoms with van der Waals surface area (Å²) in [7, 11) is -3.48. The molecule has 30 heavy (non-hydrogen) atoms. The lowest BCUT2D eigenvalue weighted by molar-refractivity contribution is 0.0698. The van der Waals surface area contributed by atoms with E-state index in [1.807, 2.05) is 18.2 Å². The summed E-state index contributed by atoms with van der Waals surface area (Å²) >= 11 is 6.20. The molecule has 0 bridgehead atoms. The Hall–Kier alpha value is -2.49. The molecule has 8 nitrogen and oxygen atoms in total. The van der Waals surface area contributed by atoms with Crippen LogP contribution in [0.4, 0.5) is 0 Å². The summed E-state index contributed by atoms with van der Waals surface area (Å²) in [4.78, 5) is 8.99. The van der Waals surface area contributed by atoms with E-state index < -0.39 is 9.84 Å². The monoisotopic (exact) mass is 445 g/mol. The highest BCUT2D eigenvalue weighted by Gasteiger charge is 2.24. The van der Waals surface area contributed by atoms with Crippen molar-refractivity contribution in [1.82, 2.24) is 24.3 Å². The second-order valence-corrected chi connectivity index (χ2v) is 9.87. The third-order valence-corrected chi connectivity index (χ3v) is 6.68. The van der Waals surface area contributed by atoms with Crippen molar-refractivity contribution in [2.45, 2.75) is 30.5 Å². The molecule has 4 heterocycles. The fourth-order valence-corrected chi connectivity index (χ4v) is 5.09. The van der Waals surface area contributed by atoms with Gasteiger partial charge in [0.05, 0.1) is 29.3 Å². The lowest BCUT2D eigenvalue weighted by Gasteiger charge is -2.26. The van der Waals surface area contributed by atoms with Crippen LogP contribution >= 0.6 is 11.6 Å². The van der Waals surface area contributed by atoms with E-state index in [1.54, 1.807) is 23.1 Å². The number of sulfone groups is 1. The highest BCUT2D eigenvalue weighted by Crippen LogP contribution is 2.30. The Morgan fingerprint density at radius 2 is 2.00 bits per heavy atom. The predicted octanol–water partition coefficient (Wildman–Crippen LogP) is 3.24. The number of nitrogens with zero attached hydrogens (tertiary/aromatic N) is 5. The summed E-state index contributed by atoms with van der Waals surface area (Å²) in [5.74, 6) is 0.799. The van der Waals surface area contributed by atoms with Crippen LogP contribution in [0.5, 0.6) is 0 Å². The molecule has 156 valence electrons. The maximum absolute atomic E-state index is 12.3. The fraction of sp³-hybridized carbons (Fsp3) is 0.350. The molecule has 0 spiro atoms. The molecule has 0 saturated carbocycles. The Bertz CT molecular complexity index is 1360. The largest absolute Gasteiger partial charge is 0.381 e. The van der Waals surface area contributed by atoms with Crippen molar-refractivity contribution >= 4 is 43.4 Å². The Morgan fingerprint density at radius 3 is 2.77 bits per heavy atom. The molecule has 1 aliphatic rings. The Labute approximate surface area is 178 Å². The molecule has 0 unspecified atom stereocenters. The lowest BCUT2D eigenvalue weighted by Crippen LogP contribution is -2.22. The first kappa shape index (κ1) is 19.5. The van der Waals surface area contributed by atoms with Crippen molar-refractivity contribution in [3.63, 3.8) is 0 Å². The third-order valence-electron chi connectivity index (χ3n) is 5.44. The topological polar surface area (TPSA) is 91.9 Å². The van der Waals surface area contributed by atoms with Gasteiger partial charge in [0, 0.05) is 42.1 Å². The average molecular weight is 446 g/mol. The lowest BCUT2D eigenvalue weighted by atomic mass is 10.1. The van der Waals surface area contributed by atoms with E-state index in [0.29, 0.717) is 35.7 Å². The number of benzene rings is 1. The van der Waals surface area contributed by atoms with E-state index in [4.69, 9.17) is 21.3 Å². The minimum absolute atomic E-state index is 0.0525. The van der Waals surface area contributed by atoms with Crippen LogP contribution in [0.3, 0.4) is 0 Å². The van der Waals surface area contributed by atoms with Gasteiger partial charge in [0.1, 0.15) is 5.82 Å². The maximum atomic E-state index is 12.3. The van der Waals surface area contributed by atoms with Crippen LogP contribution in [-0.4, -0.2) is 52.2 Å². The third kappa shape index (κ3) is 3.36. The number of rotatable bonds is 4. The Balaban J connectivity index is 1.67. The highest BCUT2D eigenvalue weighted by atomic mass is 35.5. The van der Waals surface area contributed by atoms with Gasteiger partial charge in [-0.25, -0.2) is 13.4 Å². The van der Waals surface area contributed by atoms with Gasteiger partial charge in [-0.3, -0.25) is 9.67 Å². The van der Waals surface area contributed by atoms with Gasteiger partial charge in [-0.05, 0) is 37.1 Å².